The fraction of sp³-hybridized carbons (Fsp3) is 0.778. The van der Waals surface area contributed by atoms with Crippen molar-refractivity contribution in [2.45, 2.75) is 19.4 Å². The van der Waals surface area contributed by atoms with Crippen molar-refractivity contribution in [1.29, 1.82) is 0 Å². The highest BCUT2D eigenvalue weighted by Crippen LogP contribution is 2.20. The van der Waals surface area contributed by atoms with E-state index < -0.39 is 0 Å². The number of ether oxygens (including phenoxy) is 1. The van der Waals surface area contributed by atoms with E-state index in [4.69, 9.17) is 4.74 Å². The normalized spacial score (nSPS) is 28.9. The zero-order valence-electron chi connectivity index (χ0n) is 8.23. The Morgan fingerprint density at radius 3 is 3.21 bits per heavy atom. The molecule has 1 unspecified atom stereocenters. The molecule has 1 fully saturated rings. The Kier molecular flexibility index (Phi) is 3.08. The van der Waals surface area contributed by atoms with Crippen molar-refractivity contribution in [2.75, 3.05) is 25.5 Å². The van der Waals surface area contributed by atoms with E-state index in [9.17, 15) is 4.79 Å². The van der Waals surface area contributed by atoms with E-state index in [2.05, 4.69) is 16.8 Å². The molecule has 0 N–H and O–H groups in total. The van der Waals surface area contributed by atoms with E-state index in [1.54, 1.807) is 11.8 Å². The van der Waals surface area contributed by atoms with E-state index in [0.717, 1.165) is 31.3 Å². The number of hydrogen-bond donors (Lipinski definition) is 0. The lowest BCUT2D eigenvalue weighted by molar-refractivity contribution is -0.115. The summed E-state index contributed by atoms with van der Waals surface area (Å²) in [6.07, 6.45) is 1.01. The maximum atomic E-state index is 11.0. The Labute approximate surface area is 87.7 Å². The molecule has 0 aromatic carbocycles. The number of nitrogens with zero attached hydrogens (tertiary/aromatic N) is 2. The summed E-state index contributed by atoms with van der Waals surface area (Å²) in [5, 5.41) is 0.882. The van der Waals surface area contributed by atoms with Gasteiger partial charge in [-0.05, 0) is 13.3 Å². The summed E-state index contributed by atoms with van der Waals surface area (Å²) in [4.78, 5) is 17.2. The van der Waals surface area contributed by atoms with Crippen molar-refractivity contribution < 1.29 is 9.53 Å². The molecule has 2 aliphatic rings. The first-order valence-electron chi connectivity index (χ1n) is 4.86. The van der Waals surface area contributed by atoms with Gasteiger partial charge in [-0.1, -0.05) is 11.8 Å². The predicted octanol–water partition coefficient (Wildman–Crippen LogP) is 0.727. The van der Waals surface area contributed by atoms with E-state index in [1.165, 1.54) is 0 Å². The van der Waals surface area contributed by atoms with E-state index in [0.29, 0.717) is 11.8 Å². The molecule has 0 radical (unpaired) electrons. The van der Waals surface area contributed by atoms with Crippen LogP contribution in [0.15, 0.2) is 4.99 Å². The molecule has 0 spiro atoms. The Bertz CT molecular complexity index is 268. The van der Waals surface area contributed by atoms with Crippen LogP contribution < -0.4 is 0 Å². The van der Waals surface area contributed by atoms with Crippen molar-refractivity contribution in [1.82, 2.24) is 4.90 Å². The zero-order chi connectivity index (χ0) is 9.97. The Morgan fingerprint density at radius 1 is 1.64 bits per heavy atom. The van der Waals surface area contributed by atoms with E-state index in [1.807, 2.05) is 0 Å². The number of rotatable bonds is 0. The summed E-state index contributed by atoms with van der Waals surface area (Å²) in [7, 11) is 0. The predicted molar refractivity (Wildman–Crippen MR) is 56.5 cm³/mol. The third-order valence-electron chi connectivity index (χ3n) is 2.37. The summed E-state index contributed by atoms with van der Waals surface area (Å²) >= 11 is 1.54. The van der Waals surface area contributed by atoms with Gasteiger partial charge in [0.25, 0.3) is 5.91 Å². The van der Waals surface area contributed by atoms with Crippen LogP contribution in [0.3, 0.4) is 0 Å². The van der Waals surface area contributed by atoms with Crippen molar-refractivity contribution in [3.63, 3.8) is 0 Å². The monoisotopic (exact) mass is 214 g/mol. The second-order valence-corrected chi connectivity index (χ2v) is 4.49. The van der Waals surface area contributed by atoms with Crippen LogP contribution >= 0.6 is 11.8 Å². The van der Waals surface area contributed by atoms with Gasteiger partial charge >= 0.3 is 0 Å². The topological polar surface area (TPSA) is 41.9 Å². The van der Waals surface area contributed by atoms with Crippen molar-refractivity contribution in [3.8, 4) is 0 Å². The average molecular weight is 214 g/mol. The molecule has 0 bridgehead atoms. The van der Waals surface area contributed by atoms with E-state index >= 15 is 0 Å². The largest absolute Gasteiger partial charge is 0.379 e. The van der Waals surface area contributed by atoms with Crippen molar-refractivity contribution in [2.24, 2.45) is 4.99 Å². The highest BCUT2D eigenvalue weighted by Gasteiger charge is 2.25. The number of carbonyl (C=O) groups excluding carboxylic acids is 1. The minimum absolute atomic E-state index is 0.0117. The summed E-state index contributed by atoms with van der Waals surface area (Å²) in [6.45, 7) is 4.60. The maximum absolute atomic E-state index is 11.0. The van der Waals surface area contributed by atoms with Gasteiger partial charge in [0, 0.05) is 13.2 Å². The molecule has 2 heterocycles. The third-order valence-corrected chi connectivity index (χ3v) is 3.34. The van der Waals surface area contributed by atoms with Gasteiger partial charge in [-0.2, -0.15) is 4.99 Å². The molecule has 0 aliphatic carbocycles. The van der Waals surface area contributed by atoms with Crippen LogP contribution in [0.5, 0.6) is 0 Å². The maximum Gasteiger partial charge on any atom is 0.258 e. The standard InChI is InChI=1S/C9H14N2O2S/c1-7-5-13-4-2-3-11(7)9-10-8(12)6-14-9/h7H,2-6H2,1H3. The van der Waals surface area contributed by atoms with Crippen LogP contribution in [0.2, 0.25) is 0 Å². The molecule has 0 aromatic heterocycles. The molecule has 4 nitrogen and oxygen atoms in total. The van der Waals surface area contributed by atoms with Crippen LogP contribution in [-0.2, 0) is 9.53 Å². The van der Waals surface area contributed by atoms with Gasteiger partial charge in [-0.25, -0.2) is 0 Å². The molecular formula is C9H14N2O2S. The quantitative estimate of drug-likeness (QED) is 0.596. The first-order valence-corrected chi connectivity index (χ1v) is 5.84. The van der Waals surface area contributed by atoms with Gasteiger partial charge in [-0.15, -0.1) is 0 Å². The van der Waals surface area contributed by atoms with E-state index in [-0.39, 0.29) is 5.91 Å². The van der Waals surface area contributed by atoms with Crippen LogP contribution in [0.4, 0.5) is 0 Å². The summed E-state index contributed by atoms with van der Waals surface area (Å²) in [5.74, 6) is 0.488. The fourth-order valence-corrected chi connectivity index (χ4v) is 2.55. The number of amidine groups is 1. The smallest absolute Gasteiger partial charge is 0.258 e. The fourth-order valence-electron chi connectivity index (χ4n) is 1.63. The third kappa shape index (κ3) is 2.09. The summed E-state index contributed by atoms with van der Waals surface area (Å²) in [5.41, 5.74) is 0. The molecule has 1 saturated heterocycles. The minimum atomic E-state index is -0.0117. The summed E-state index contributed by atoms with van der Waals surface area (Å²) in [6, 6.07) is 0.328. The summed E-state index contributed by atoms with van der Waals surface area (Å²) < 4.78 is 5.43. The van der Waals surface area contributed by atoms with Crippen LogP contribution in [0.25, 0.3) is 0 Å². The number of aliphatic imine (C=N–C) groups is 1. The molecule has 0 saturated carbocycles. The van der Waals surface area contributed by atoms with Gasteiger partial charge in [0.15, 0.2) is 5.17 Å². The lowest BCUT2D eigenvalue weighted by Crippen LogP contribution is -2.38. The highest BCUT2D eigenvalue weighted by molar-refractivity contribution is 8.14. The number of hydrogen-bond acceptors (Lipinski definition) is 4. The second kappa shape index (κ2) is 4.31. The van der Waals surface area contributed by atoms with Gasteiger partial charge in [0.2, 0.25) is 0 Å². The van der Waals surface area contributed by atoms with Crippen molar-refractivity contribution >= 4 is 22.8 Å². The Hall–Kier alpha value is -0.550. The van der Waals surface area contributed by atoms with Gasteiger partial charge < -0.3 is 9.64 Å². The SMILES string of the molecule is CC1COCCCN1C1=NC(=O)CS1. The number of amides is 1. The van der Waals surface area contributed by atoms with Crippen LogP contribution in [0, 0.1) is 0 Å². The minimum Gasteiger partial charge on any atom is -0.379 e. The molecule has 0 aromatic rings. The lowest BCUT2D eigenvalue weighted by atomic mass is 10.3. The first kappa shape index (κ1) is 9.98. The molecule has 2 aliphatic heterocycles. The lowest BCUT2D eigenvalue weighted by Gasteiger charge is -2.27. The number of carbonyl (C=O) groups is 1. The number of thioether (sulfide) groups is 1. The zero-order valence-corrected chi connectivity index (χ0v) is 9.05. The first-order chi connectivity index (χ1) is 6.77. The Balaban J connectivity index is 2.07. The highest BCUT2D eigenvalue weighted by atomic mass is 32.2. The molecule has 1 atom stereocenters. The van der Waals surface area contributed by atoms with Gasteiger partial charge in [0.1, 0.15) is 0 Å². The molecular weight excluding hydrogens is 200 g/mol. The molecule has 5 heteroatoms. The Morgan fingerprint density at radius 2 is 2.50 bits per heavy atom. The average Bonchev–Trinajstić information content (AvgIpc) is 2.46. The second-order valence-electron chi connectivity index (χ2n) is 3.55. The van der Waals surface area contributed by atoms with Crippen molar-refractivity contribution in [3.05, 3.63) is 0 Å². The van der Waals surface area contributed by atoms with Crippen LogP contribution in [0.1, 0.15) is 13.3 Å². The van der Waals surface area contributed by atoms with Crippen LogP contribution in [-0.4, -0.2) is 47.5 Å². The molecule has 2 rings (SSSR count). The molecule has 1 amide bonds. The molecule has 78 valence electrons. The van der Waals surface area contributed by atoms with Gasteiger partial charge in [-0.3, -0.25) is 4.79 Å². The van der Waals surface area contributed by atoms with Gasteiger partial charge in [0.05, 0.1) is 18.4 Å². The molecule has 14 heavy (non-hydrogen) atoms.